The molecule has 0 aromatic heterocycles. The van der Waals surface area contributed by atoms with Gasteiger partial charge < -0.3 is 14.6 Å². The van der Waals surface area contributed by atoms with Crippen LogP contribution >= 0.6 is 11.8 Å². The monoisotopic (exact) mass is 365 g/mol. The molecule has 1 aromatic carbocycles. The van der Waals surface area contributed by atoms with E-state index < -0.39 is 0 Å². The van der Waals surface area contributed by atoms with Crippen LogP contribution in [0.4, 0.5) is 0 Å². The molecule has 1 N–H and O–H groups in total. The lowest BCUT2D eigenvalue weighted by atomic mass is 10.1. The van der Waals surface area contributed by atoms with Crippen LogP contribution < -0.4 is 4.74 Å². The Kier molecular flexibility index (Phi) is 7.49. The van der Waals surface area contributed by atoms with E-state index in [1.165, 1.54) is 16.7 Å². The third kappa shape index (κ3) is 4.62. The second kappa shape index (κ2) is 9.60. The van der Waals surface area contributed by atoms with Crippen LogP contribution in [0.2, 0.25) is 0 Å². The zero-order valence-corrected chi connectivity index (χ0v) is 15.3. The predicted molar refractivity (Wildman–Crippen MR) is 97.3 cm³/mol. The van der Waals surface area contributed by atoms with Gasteiger partial charge in [0.25, 0.3) is 11.8 Å². The third-order valence-corrected chi connectivity index (χ3v) is 4.70. The molecule has 0 atom stereocenters. The average molecular weight is 365 g/mol. The fraction of sp³-hybridized carbons (Fsp3) is 0.444. The average Bonchev–Trinajstić information content (AvgIpc) is 2.85. The van der Waals surface area contributed by atoms with Gasteiger partial charge >= 0.3 is 0 Å². The lowest BCUT2D eigenvalue weighted by molar-refractivity contribution is -0.136. The molecule has 0 spiro atoms. The van der Waals surface area contributed by atoms with Gasteiger partial charge in [-0.1, -0.05) is 12.1 Å². The highest BCUT2D eigenvalue weighted by Crippen LogP contribution is 2.36. The number of nitrogens with zero attached hydrogens (tertiary/aromatic N) is 1. The van der Waals surface area contributed by atoms with Gasteiger partial charge in [-0.3, -0.25) is 14.5 Å². The number of benzene rings is 1. The molecule has 136 valence electrons. The Bertz CT molecular complexity index is 641. The molecule has 0 fully saturated rings. The molecule has 0 saturated heterocycles. The first kappa shape index (κ1) is 19.5. The van der Waals surface area contributed by atoms with Crippen molar-refractivity contribution in [3.05, 3.63) is 34.7 Å². The number of aliphatic hydroxyl groups is 1. The maximum Gasteiger partial charge on any atom is 0.267 e. The lowest BCUT2D eigenvalue weighted by Crippen LogP contribution is -2.33. The Labute approximate surface area is 151 Å². The Morgan fingerprint density at radius 2 is 1.88 bits per heavy atom. The van der Waals surface area contributed by atoms with Gasteiger partial charge in [-0.25, -0.2) is 0 Å². The van der Waals surface area contributed by atoms with E-state index in [1.54, 1.807) is 31.4 Å². The van der Waals surface area contributed by atoms with E-state index in [-0.39, 0.29) is 18.4 Å². The quantitative estimate of drug-likeness (QED) is 0.504. The largest absolute Gasteiger partial charge is 0.494 e. The molecule has 0 bridgehead atoms. The summed E-state index contributed by atoms with van der Waals surface area (Å²) in [5.41, 5.74) is 1.07. The molecular formula is C18H23NO5S. The van der Waals surface area contributed by atoms with E-state index in [0.717, 1.165) is 0 Å². The van der Waals surface area contributed by atoms with Gasteiger partial charge in [-0.15, -0.1) is 11.8 Å². The van der Waals surface area contributed by atoms with Gasteiger partial charge in [0.2, 0.25) is 0 Å². The zero-order valence-electron chi connectivity index (χ0n) is 14.5. The molecule has 1 aliphatic heterocycles. The van der Waals surface area contributed by atoms with Gasteiger partial charge in [0.05, 0.1) is 23.7 Å². The maximum absolute atomic E-state index is 12.8. The van der Waals surface area contributed by atoms with Gasteiger partial charge in [0.1, 0.15) is 5.75 Å². The van der Waals surface area contributed by atoms with Gasteiger partial charge in [-0.2, -0.15) is 0 Å². The van der Waals surface area contributed by atoms with Crippen LogP contribution in [0.15, 0.2) is 29.2 Å². The predicted octanol–water partition coefficient (Wildman–Crippen LogP) is 1.93. The number of hydrogen-bond donors (Lipinski definition) is 1. The smallest absolute Gasteiger partial charge is 0.267 e. The number of hydrogen-bond acceptors (Lipinski definition) is 6. The van der Waals surface area contributed by atoms with Crippen molar-refractivity contribution in [2.24, 2.45) is 0 Å². The number of rotatable bonds is 10. The summed E-state index contributed by atoms with van der Waals surface area (Å²) in [6.07, 6.45) is 0.586. The fourth-order valence-electron chi connectivity index (χ4n) is 2.54. The first-order valence-corrected chi connectivity index (χ1v) is 9.18. The van der Waals surface area contributed by atoms with Crippen LogP contribution in [0, 0.1) is 0 Å². The van der Waals surface area contributed by atoms with Gasteiger partial charge in [0, 0.05) is 26.0 Å². The van der Waals surface area contributed by atoms with E-state index in [4.69, 9.17) is 14.6 Å². The van der Waals surface area contributed by atoms with E-state index in [9.17, 15) is 9.59 Å². The van der Waals surface area contributed by atoms with Gasteiger partial charge in [0.15, 0.2) is 0 Å². The topological polar surface area (TPSA) is 76.1 Å². The second-order valence-corrected chi connectivity index (χ2v) is 6.45. The third-order valence-electron chi connectivity index (χ3n) is 3.65. The van der Waals surface area contributed by atoms with E-state index >= 15 is 0 Å². The number of methoxy groups -OCH3 is 1. The molecule has 6 nitrogen and oxygen atoms in total. The molecule has 0 saturated carbocycles. The summed E-state index contributed by atoms with van der Waals surface area (Å²) >= 11 is 1.21. The van der Waals surface area contributed by atoms with Crippen molar-refractivity contribution >= 4 is 29.1 Å². The Hall–Kier alpha value is -1.83. The molecule has 7 heteroatoms. The molecule has 2 rings (SSSR count). The van der Waals surface area contributed by atoms with Crippen LogP contribution in [0.3, 0.4) is 0 Å². The molecule has 2 amide bonds. The first-order valence-electron chi connectivity index (χ1n) is 8.20. The SMILES string of the molecule is CCOc1ccc(C2=C(SCCO)C(=O)N(CCCOC)C2=O)cc1. The maximum atomic E-state index is 12.8. The molecule has 0 unspecified atom stereocenters. The minimum atomic E-state index is -0.302. The summed E-state index contributed by atoms with van der Waals surface area (Å²) < 4.78 is 10.4. The molecule has 1 heterocycles. The second-order valence-electron chi connectivity index (χ2n) is 5.34. The van der Waals surface area contributed by atoms with E-state index in [0.29, 0.717) is 53.7 Å². The standard InChI is InChI=1S/C18H23NO5S/c1-3-24-14-7-5-13(6-8-14)15-16(25-12-10-20)18(22)19(17(15)21)9-4-11-23-2/h5-8,20H,3-4,9-12H2,1-2H3. The van der Waals surface area contributed by atoms with E-state index in [1.807, 2.05) is 6.92 Å². The number of aliphatic hydroxyl groups excluding tert-OH is 1. The number of imide groups is 1. The minimum Gasteiger partial charge on any atom is -0.494 e. The number of carbonyl (C=O) groups is 2. The summed E-state index contributed by atoms with van der Waals surface area (Å²) in [5, 5.41) is 9.08. The summed E-state index contributed by atoms with van der Waals surface area (Å²) in [5.74, 6) is 0.472. The molecule has 25 heavy (non-hydrogen) atoms. The number of amides is 2. The Morgan fingerprint density at radius 1 is 1.16 bits per heavy atom. The Morgan fingerprint density at radius 3 is 2.48 bits per heavy atom. The van der Waals surface area contributed by atoms with Crippen molar-refractivity contribution in [1.29, 1.82) is 0 Å². The van der Waals surface area contributed by atoms with Crippen molar-refractivity contribution in [2.45, 2.75) is 13.3 Å². The number of thioether (sulfide) groups is 1. The summed E-state index contributed by atoms with van der Waals surface area (Å²) in [6.45, 7) is 3.20. The zero-order chi connectivity index (χ0) is 18.2. The minimum absolute atomic E-state index is 0.0597. The van der Waals surface area contributed by atoms with Crippen LogP contribution in [0.25, 0.3) is 5.57 Å². The molecule has 0 aliphatic carbocycles. The first-order chi connectivity index (χ1) is 12.1. The van der Waals surface area contributed by atoms with Crippen molar-refractivity contribution in [2.75, 3.05) is 39.2 Å². The normalized spacial score (nSPS) is 14.6. The highest BCUT2D eigenvalue weighted by molar-refractivity contribution is 8.04. The molecular weight excluding hydrogens is 342 g/mol. The van der Waals surface area contributed by atoms with Crippen molar-refractivity contribution in [1.82, 2.24) is 4.90 Å². The molecule has 1 aliphatic rings. The lowest BCUT2D eigenvalue weighted by Gasteiger charge is -2.14. The van der Waals surface area contributed by atoms with Crippen molar-refractivity contribution < 1.29 is 24.2 Å². The van der Waals surface area contributed by atoms with Crippen LogP contribution in [-0.4, -0.2) is 61.0 Å². The van der Waals surface area contributed by atoms with Crippen molar-refractivity contribution in [3.63, 3.8) is 0 Å². The van der Waals surface area contributed by atoms with E-state index in [2.05, 4.69) is 0 Å². The fourth-order valence-corrected chi connectivity index (χ4v) is 3.42. The summed E-state index contributed by atoms with van der Waals surface area (Å²) in [7, 11) is 1.58. The van der Waals surface area contributed by atoms with Gasteiger partial charge in [-0.05, 0) is 31.0 Å². The van der Waals surface area contributed by atoms with Crippen LogP contribution in [0.5, 0.6) is 5.75 Å². The number of carbonyl (C=O) groups excluding carboxylic acids is 2. The van der Waals surface area contributed by atoms with Crippen LogP contribution in [0.1, 0.15) is 18.9 Å². The Balaban J connectivity index is 2.29. The highest BCUT2D eigenvalue weighted by Gasteiger charge is 2.38. The molecule has 1 aromatic rings. The number of ether oxygens (including phenoxy) is 2. The highest BCUT2D eigenvalue weighted by atomic mass is 32.2. The van der Waals surface area contributed by atoms with Crippen molar-refractivity contribution in [3.8, 4) is 5.75 Å². The summed E-state index contributed by atoms with van der Waals surface area (Å²) in [4.78, 5) is 27.1. The molecule has 0 radical (unpaired) electrons. The van der Waals surface area contributed by atoms with Crippen LogP contribution in [-0.2, 0) is 14.3 Å². The summed E-state index contributed by atoms with van der Waals surface area (Å²) in [6, 6.07) is 7.13.